The zero-order valence-corrected chi connectivity index (χ0v) is 22.6. The molecule has 1 N–H and O–H groups in total. The molecule has 0 fully saturated rings. The minimum atomic E-state index is -1.07. The fraction of sp³-hybridized carbons (Fsp3) is 0.387. The third-order valence-electron chi connectivity index (χ3n) is 5.80. The highest BCUT2D eigenvalue weighted by Gasteiger charge is 2.39. The lowest BCUT2D eigenvalue weighted by Crippen LogP contribution is -2.39. The van der Waals surface area contributed by atoms with Gasteiger partial charge >= 0.3 is 11.9 Å². The van der Waals surface area contributed by atoms with Crippen molar-refractivity contribution < 1.29 is 24.2 Å². The molecule has 0 aliphatic heterocycles. The van der Waals surface area contributed by atoms with Crippen LogP contribution in [0, 0.1) is 5.41 Å². The lowest BCUT2D eigenvalue weighted by Gasteiger charge is -2.36. The minimum absolute atomic E-state index is 0.233. The molecule has 1 unspecified atom stereocenters. The molecule has 0 spiro atoms. The normalized spacial score (nSPS) is 19.9. The van der Waals surface area contributed by atoms with E-state index in [4.69, 9.17) is 9.84 Å². The zero-order chi connectivity index (χ0) is 27.3. The van der Waals surface area contributed by atoms with Crippen molar-refractivity contribution in [3.05, 3.63) is 94.7 Å². The largest absolute Gasteiger partial charge is 0.481 e. The standard InChI is InChI=1S/C31H40O5/c1-8-12-22(2)13-9-10-14-23(3)15-11-16-24(4)17-18-26-25(5)30(35)27(21-31(26,6)7)36-29(34)20-19-28(32)33/h8-18,27H,19-21H2,1-7H3,(H,32,33)/b10-9+,12-8+,15-11+,18-17+,22-13+,23-14+,24-16+. The van der Waals surface area contributed by atoms with Crippen molar-refractivity contribution in [1.29, 1.82) is 0 Å². The van der Waals surface area contributed by atoms with Crippen molar-refractivity contribution in [3.63, 3.8) is 0 Å². The van der Waals surface area contributed by atoms with Crippen LogP contribution in [0.25, 0.3) is 0 Å². The highest BCUT2D eigenvalue weighted by Crippen LogP contribution is 2.40. The molecule has 0 amide bonds. The molecule has 1 aliphatic rings. The number of esters is 1. The Balaban J connectivity index is 2.87. The number of hydrogen-bond acceptors (Lipinski definition) is 4. The van der Waals surface area contributed by atoms with Crippen molar-refractivity contribution >= 4 is 17.7 Å². The van der Waals surface area contributed by atoms with E-state index in [2.05, 4.69) is 19.1 Å². The fourth-order valence-corrected chi connectivity index (χ4v) is 3.83. The molecule has 194 valence electrons. The molecule has 1 aliphatic carbocycles. The number of aliphatic carboxylic acids is 1. The Morgan fingerprint density at radius 3 is 2.08 bits per heavy atom. The summed E-state index contributed by atoms with van der Waals surface area (Å²) in [4.78, 5) is 35.5. The van der Waals surface area contributed by atoms with Gasteiger partial charge in [-0.2, -0.15) is 0 Å². The molecule has 0 heterocycles. The summed E-state index contributed by atoms with van der Waals surface area (Å²) in [7, 11) is 0. The summed E-state index contributed by atoms with van der Waals surface area (Å²) in [5.41, 5.74) is 4.44. The number of ether oxygens (including phenoxy) is 1. The van der Waals surface area contributed by atoms with E-state index >= 15 is 0 Å². The van der Waals surface area contributed by atoms with Gasteiger partial charge in [-0.25, -0.2) is 0 Å². The summed E-state index contributed by atoms with van der Waals surface area (Å²) >= 11 is 0. The summed E-state index contributed by atoms with van der Waals surface area (Å²) in [6.45, 7) is 13.9. The Bertz CT molecular complexity index is 1070. The molecule has 1 rings (SSSR count). The molecule has 0 aromatic rings. The van der Waals surface area contributed by atoms with Crippen molar-refractivity contribution in [3.8, 4) is 0 Å². The number of carboxylic acids is 1. The van der Waals surface area contributed by atoms with Gasteiger partial charge in [-0.15, -0.1) is 0 Å². The van der Waals surface area contributed by atoms with E-state index in [1.54, 1.807) is 6.92 Å². The third-order valence-corrected chi connectivity index (χ3v) is 5.80. The van der Waals surface area contributed by atoms with Crippen LogP contribution in [0.4, 0.5) is 0 Å². The number of allylic oxidation sites excluding steroid dienone is 15. The Morgan fingerprint density at radius 2 is 1.50 bits per heavy atom. The van der Waals surface area contributed by atoms with E-state index in [9.17, 15) is 14.4 Å². The maximum Gasteiger partial charge on any atom is 0.307 e. The van der Waals surface area contributed by atoms with Crippen molar-refractivity contribution in [2.45, 2.75) is 73.8 Å². The summed E-state index contributed by atoms with van der Waals surface area (Å²) < 4.78 is 5.32. The van der Waals surface area contributed by atoms with Gasteiger partial charge in [-0.1, -0.05) is 97.4 Å². The van der Waals surface area contributed by atoms with Crippen LogP contribution < -0.4 is 0 Å². The first-order chi connectivity index (χ1) is 16.9. The minimum Gasteiger partial charge on any atom is -0.481 e. The SMILES string of the molecule is C/C=C/C(C)=C/C=C/C=C(C)/C=C/C=C(C)/C=C/C1=C(C)C(=O)C(OC(=O)CCC(=O)O)CC1(C)C. The molecule has 0 aromatic heterocycles. The second kappa shape index (κ2) is 14.8. The van der Waals surface area contributed by atoms with Gasteiger partial charge in [-0.05, 0) is 51.2 Å². The molecule has 0 saturated carbocycles. The topological polar surface area (TPSA) is 80.7 Å². The van der Waals surface area contributed by atoms with Gasteiger partial charge in [0.2, 0.25) is 0 Å². The van der Waals surface area contributed by atoms with E-state index in [0.29, 0.717) is 12.0 Å². The van der Waals surface area contributed by atoms with Gasteiger partial charge in [0, 0.05) is 6.42 Å². The number of rotatable bonds is 11. The quantitative estimate of drug-likeness (QED) is 0.244. The third kappa shape index (κ3) is 10.9. The molecule has 5 heteroatoms. The molecule has 0 saturated heterocycles. The van der Waals surface area contributed by atoms with Gasteiger partial charge in [0.05, 0.1) is 12.8 Å². The maximum atomic E-state index is 12.8. The molecule has 1 atom stereocenters. The summed E-state index contributed by atoms with van der Waals surface area (Å²) in [5.74, 6) is -1.97. The number of ketones is 1. The van der Waals surface area contributed by atoms with Crippen LogP contribution in [-0.4, -0.2) is 28.9 Å². The van der Waals surface area contributed by atoms with E-state index in [1.807, 2.05) is 89.3 Å². The predicted molar refractivity (Wildman–Crippen MR) is 146 cm³/mol. The molecular formula is C31H40O5. The van der Waals surface area contributed by atoms with Crippen molar-refractivity contribution in [1.82, 2.24) is 0 Å². The Kier molecular flexibility index (Phi) is 12.6. The van der Waals surface area contributed by atoms with E-state index in [0.717, 1.165) is 16.7 Å². The second-order valence-electron chi connectivity index (χ2n) is 9.67. The van der Waals surface area contributed by atoms with Crippen LogP contribution >= 0.6 is 0 Å². The van der Waals surface area contributed by atoms with Crippen LogP contribution in [0.3, 0.4) is 0 Å². The number of carbonyl (C=O) groups excluding carboxylic acids is 2. The lowest BCUT2D eigenvalue weighted by atomic mass is 9.71. The second-order valence-corrected chi connectivity index (χ2v) is 9.67. The Morgan fingerprint density at radius 1 is 0.944 bits per heavy atom. The highest BCUT2D eigenvalue weighted by atomic mass is 16.5. The van der Waals surface area contributed by atoms with Gasteiger partial charge in [-0.3, -0.25) is 14.4 Å². The molecule has 36 heavy (non-hydrogen) atoms. The zero-order valence-electron chi connectivity index (χ0n) is 22.6. The first-order valence-corrected chi connectivity index (χ1v) is 12.2. The van der Waals surface area contributed by atoms with Crippen molar-refractivity contribution in [2.75, 3.05) is 0 Å². The number of carbonyl (C=O) groups is 3. The molecule has 0 radical (unpaired) electrons. The van der Waals surface area contributed by atoms with Crippen LogP contribution in [0.1, 0.15) is 67.7 Å². The first-order valence-electron chi connectivity index (χ1n) is 12.2. The van der Waals surface area contributed by atoms with Crippen molar-refractivity contribution in [2.24, 2.45) is 5.41 Å². The Hall–Kier alpha value is -3.47. The maximum absolute atomic E-state index is 12.8. The fourth-order valence-electron chi connectivity index (χ4n) is 3.83. The van der Waals surface area contributed by atoms with E-state index in [-0.39, 0.29) is 24.0 Å². The average Bonchev–Trinajstić information content (AvgIpc) is 2.78. The monoisotopic (exact) mass is 492 g/mol. The summed E-state index contributed by atoms with van der Waals surface area (Å²) in [6, 6.07) is 0. The van der Waals surface area contributed by atoms with Gasteiger partial charge in [0.15, 0.2) is 11.9 Å². The van der Waals surface area contributed by atoms with E-state index < -0.39 is 18.0 Å². The molecular weight excluding hydrogens is 452 g/mol. The smallest absolute Gasteiger partial charge is 0.307 e. The molecule has 0 aromatic carbocycles. The first kappa shape index (κ1) is 30.6. The van der Waals surface area contributed by atoms with Gasteiger partial charge in [0.25, 0.3) is 0 Å². The van der Waals surface area contributed by atoms with E-state index in [1.165, 1.54) is 5.57 Å². The van der Waals surface area contributed by atoms with Crippen LogP contribution in [0.2, 0.25) is 0 Å². The molecule has 0 bridgehead atoms. The number of carboxylic acid groups (broad SMARTS) is 1. The Labute approximate surface area is 216 Å². The predicted octanol–water partition coefficient (Wildman–Crippen LogP) is 7.16. The van der Waals surface area contributed by atoms with Gasteiger partial charge in [0.1, 0.15) is 0 Å². The van der Waals surface area contributed by atoms with Crippen LogP contribution in [0.5, 0.6) is 0 Å². The average molecular weight is 493 g/mol. The lowest BCUT2D eigenvalue weighted by molar-refractivity contribution is -0.157. The summed E-state index contributed by atoms with van der Waals surface area (Å²) in [5, 5.41) is 8.73. The van der Waals surface area contributed by atoms with Crippen LogP contribution in [0.15, 0.2) is 94.7 Å². The highest BCUT2D eigenvalue weighted by molar-refractivity contribution is 6.01. The molecule has 5 nitrogen and oxygen atoms in total. The number of hydrogen-bond donors (Lipinski definition) is 1. The van der Waals surface area contributed by atoms with Crippen LogP contribution in [-0.2, 0) is 19.1 Å². The number of Topliss-reactive ketones (excluding diaryl/α,β-unsaturated/α-hetero) is 1. The summed E-state index contributed by atoms with van der Waals surface area (Å²) in [6.07, 6.45) is 21.1. The van der Waals surface area contributed by atoms with Gasteiger partial charge < -0.3 is 9.84 Å².